The standard InChI is InChI=1S/C16H23N3O2.ClH/c1-16(9-4-10-17-11-16)15(21)18-13-7-5-12(6-8-13)14(20)19(2)3;/h5-8,17H,4,9-11H2,1-3H3,(H,18,21);1H. The summed E-state index contributed by atoms with van der Waals surface area (Å²) in [6, 6.07) is 7.02. The molecule has 1 atom stereocenters. The van der Waals surface area contributed by atoms with Gasteiger partial charge in [-0.1, -0.05) is 0 Å². The molecule has 22 heavy (non-hydrogen) atoms. The number of piperidine rings is 1. The SMILES string of the molecule is CN(C)C(=O)c1ccc(NC(=O)C2(C)CCCNC2)cc1.Cl. The minimum Gasteiger partial charge on any atom is -0.345 e. The summed E-state index contributed by atoms with van der Waals surface area (Å²) in [4.78, 5) is 25.7. The van der Waals surface area contributed by atoms with Gasteiger partial charge in [0.25, 0.3) is 5.91 Å². The van der Waals surface area contributed by atoms with Crippen LogP contribution in [0.15, 0.2) is 24.3 Å². The van der Waals surface area contributed by atoms with Gasteiger partial charge in [0.05, 0.1) is 5.41 Å². The number of nitrogens with one attached hydrogen (secondary N) is 2. The van der Waals surface area contributed by atoms with Crippen LogP contribution in [0, 0.1) is 5.41 Å². The summed E-state index contributed by atoms with van der Waals surface area (Å²) in [6.45, 7) is 3.67. The minimum atomic E-state index is -0.365. The smallest absolute Gasteiger partial charge is 0.253 e. The van der Waals surface area contributed by atoms with Gasteiger partial charge in [0.1, 0.15) is 0 Å². The average Bonchev–Trinajstić information content (AvgIpc) is 2.48. The monoisotopic (exact) mass is 325 g/mol. The molecule has 2 N–H and O–H groups in total. The Labute approximate surface area is 137 Å². The number of hydrogen-bond acceptors (Lipinski definition) is 3. The van der Waals surface area contributed by atoms with Crippen molar-refractivity contribution in [2.45, 2.75) is 19.8 Å². The fourth-order valence-corrected chi connectivity index (χ4v) is 2.49. The van der Waals surface area contributed by atoms with Gasteiger partial charge in [0.15, 0.2) is 0 Å². The Morgan fingerprint density at radius 3 is 2.36 bits per heavy atom. The molecule has 1 aliphatic rings. The predicted octanol–water partition coefficient (Wildman–Crippen LogP) is 2.14. The van der Waals surface area contributed by atoms with Crippen LogP contribution in [0.5, 0.6) is 0 Å². The minimum absolute atomic E-state index is 0. The largest absolute Gasteiger partial charge is 0.345 e. The third-order valence-corrected chi connectivity index (χ3v) is 3.94. The fraction of sp³-hybridized carbons (Fsp3) is 0.500. The number of amides is 2. The van der Waals surface area contributed by atoms with Crippen molar-refractivity contribution in [3.8, 4) is 0 Å². The highest BCUT2D eigenvalue weighted by Gasteiger charge is 2.34. The molecule has 0 aliphatic carbocycles. The number of anilines is 1. The van der Waals surface area contributed by atoms with E-state index >= 15 is 0 Å². The van der Waals surface area contributed by atoms with Crippen molar-refractivity contribution in [2.75, 3.05) is 32.5 Å². The van der Waals surface area contributed by atoms with Gasteiger partial charge in [-0.2, -0.15) is 0 Å². The molecule has 0 bridgehead atoms. The first-order valence-corrected chi connectivity index (χ1v) is 7.26. The fourth-order valence-electron chi connectivity index (χ4n) is 2.49. The summed E-state index contributed by atoms with van der Waals surface area (Å²) in [7, 11) is 3.43. The summed E-state index contributed by atoms with van der Waals surface area (Å²) >= 11 is 0. The second-order valence-corrected chi connectivity index (χ2v) is 6.07. The van der Waals surface area contributed by atoms with Gasteiger partial charge in [-0.05, 0) is 50.6 Å². The molecule has 0 aromatic heterocycles. The van der Waals surface area contributed by atoms with E-state index in [0.29, 0.717) is 12.1 Å². The Balaban J connectivity index is 0.00000242. The average molecular weight is 326 g/mol. The first-order valence-electron chi connectivity index (χ1n) is 7.26. The van der Waals surface area contributed by atoms with Crippen molar-refractivity contribution in [1.82, 2.24) is 10.2 Å². The first kappa shape index (κ1) is 18.5. The van der Waals surface area contributed by atoms with Gasteiger partial charge in [-0.3, -0.25) is 9.59 Å². The van der Waals surface area contributed by atoms with Crippen molar-refractivity contribution >= 4 is 29.9 Å². The van der Waals surface area contributed by atoms with E-state index in [1.165, 1.54) is 4.90 Å². The molecular weight excluding hydrogens is 302 g/mol. The van der Waals surface area contributed by atoms with Crippen molar-refractivity contribution < 1.29 is 9.59 Å². The molecular formula is C16H24ClN3O2. The molecule has 2 amide bonds. The molecule has 2 rings (SSSR count). The number of rotatable bonds is 3. The van der Waals surface area contributed by atoms with Crippen LogP contribution in [0.1, 0.15) is 30.1 Å². The lowest BCUT2D eigenvalue weighted by molar-refractivity contribution is -0.125. The molecule has 1 aromatic rings. The van der Waals surface area contributed by atoms with E-state index in [2.05, 4.69) is 10.6 Å². The molecule has 1 heterocycles. The maximum Gasteiger partial charge on any atom is 0.253 e. The van der Waals surface area contributed by atoms with Crippen molar-refractivity contribution in [1.29, 1.82) is 0 Å². The first-order chi connectivity index (χ1) is 9.92. The van der Waals surface area contributed by atoms with Gasteiger partial charge >= 0.3 is 0 Å². The summed E-state index contributed by atoms with van der Waals surface area (Å²) in [5.74, 6) is -0.0160. The number of benzene rings is 1. The lowest BCUT2D eigenvalue weighted by Crippen LogP contribution is -2.46. The molecule has 1 fully saturated rings. The van der Waals surface area contributed by atoms with Crippen LogP contribution in [0.2, 0.25) is 0 Å². The molecule has 1 unspecified atom stereocenters. The summed E-state index contributed by atoms with van der Waals surface area (Å²) in [6.07, 6.45) is 1.91. The normalized spacial score (nSPS) is 20.7. The molecule has 1 saturated heterocycles. The zero-order valence-corrected chi connectivity index (χ0v) is 14.1. The van der Waals surface area contributed by atoms with E-state index in [4.69, 9.17) is 0 Å². The molecule has 6 heteroatoms. The third-order valence-electron chi connectivity index (χ3n) is 3.94. The Morgan fingerprint density at radius 1 is 1.23 bits per heavy atom. The van der Waals surface area contributed by atoms with Crippen LogP contribution in [0.3, 0.4) is 0 Å². The predicted molar refractivity (Wildman–Crippen MR) is 90.5 cm³/mol. The van der Waals surface area contributed by atoms with Crippen LogP contribution in [-0.4, -0.2) is 43.9 Å². The summed E-state index contributed by atoms with van der Waals surface area (Å²) in [5.41, 5.74) is 0.974. The molecule has 0 radical (unpaired) electrons. The van der Waals surface area contributed by atoms with E-state index in [0.717, 1.165) is 25.1 Å². The number of carbonyl (C=O) groups is 2. The number of carbonyl (C=O) groups excluding carboxylic acids is 2. The van der Waals surface area contributed by atoms with E-state index in [9.17, 15) is 9.59 Å². The van der Waals surface area contributed by atoms with Crippen LogP contribution < -0.4 is 10.6 Å². The highest BCUT2D eigenvalue weighted by atomic mass is 35.5. The highest BCUT2D eigenvalue weighted by Crippen LogP contribution is 2.27. The second kappa shape index (κ2) is 7.61. The zero-order valence-electron chi connectivity index (χ0n) is 13.3. The van der Waals surface area contributed by atoms with Gasteiger partial charge in [0.2, 0.25) is 5.91 Å². The third kappa shape index (κ3) is 4.21. The zero-order chi connectivity index (χ0) is 15.5. The van der Waals surface area contributed by atoms with Crippen LogP contribution in [0.25, 0.3) is 0 Å². The summed E-state index contributed by atoms with van der Waals surface area (Å²) in [5, 5.41) is 6.21. The van der Waals surface area contributed by atoms with Gasteiger partial charge < -0.3 is 15.5 Å². The van der Waals surface area contributed by atoms with Crippen molar-refractivity contribution in [2.24, 2.45) is 5.41 Å². The van der Waals surface area contributed by atoms with E-state index in [1.807, 2.05) is 6.92 Å². The second-order valence-electron chi connectivity index (χ2n) is 6.07. The van der Waals surface area contributed by atoms with Gasteiger partial charge in [0, 0.05) is 31.9 Å². The van der Waals surface area contributed by atoms with E-state index in [1.54, 1.807) is 38.4 Å². The molecule has 5 nitrogen and oxygen atoms in total. The molecule has 1 aromatic carbocycles. The summed E-state index contributed by atoms with van der Waals surface area (Å²) < 4.78 is 0. The van der Waals surface area contributed by atoms with Crippen LogP contribution in [-0.2, 0) is 4.79 Å². The maximum atomic E-state index is 12.4. The Bertz CT molecular complexity index is 523. The van der Waals surface area contributed by atoms with Crippen LogP contribution >= 0.6 is 12.4 Å². The number of halogens is 1. The Morgan fingerprint density at radius 2 is 1.86 bits per heavy atom. The maximum absolute atomic E-state index is 12.4. The topological polar surface area (TPSA) is 61.4 Å². The highest BCUT2D eigenvalue weighted by molar-refractivity contribution is 5.97. The van der Waals surface area contributed by atoms with Gasteiger partial charge in [-0.15, -0.1) is 12.4 Å². The molecule has 0 saturated carbocycles. The van der Waals surface area contributed by atoms with Gasteiger partial charge in [-0.25, -0.2) is 0 Å². The Hall–Kier alpha value is -1.59. The van der Waals surface area contributed by atoms with Crippen molar-refractivity contribution in [3.63, 3.8) is 0 Å². The number of hydrogen-bond donors (Lipinski definition) is 2. The lowest BCUT2D eigenvalue weighted by Gasteiger charge is -2.32. The molecule has 122 valence electrons. The quantitative estimate of drug-likeness (QED) is 0.895. The Kier molecular flexibility index (Phi) is 6.38. The number of nitrogens with zero attached hydrogens (tertiary/aromatic N) is 1. The van der Waals surface area contributed by atoms with Crippen LogP contribution in [0.4, 0.5) is 5.69 Å². The van der Waals surface area contributed by atoms with E-state index in [-0.39, 0.29) is 29.6 Å². The lowest BCUT2D eigenvalue weighted by atomic mass is 9.82. The van der Waals surface area contributed by atoms with Crippen molar-refractivity contribution in [3.05, 3.63) is 29.8 Å². The molecule has 0 spiro atoms. The molecule has 1 aliphatic heterocycles. The van der Waals surface area contributed by atoms with E-state index < -0.39 is 0 Å².